The summed E-state index contributed by atoms with van der Waals surface area (Å²) in [5, 5.41) is 9.23. The molecule has 0 aliphatic carbocycles. The summed E-state index contributed by atoms with van der Waals surface area (Å²) in [7, 11) is 0. The predicted octanol–water partition coefficient (Wildman–Crippen LogP) is 5.77. The molecular formula is C27H18CdN4O2. The number of aromatic nitrogens is 4. The number of nitrogens with zero attached hydrogens (tertiary/aromatic N) is 2. The Labute approximate surface area is 214 Å². The Morgan fingerprint density at radius 3 is 1.76 bits per heavy atom. The van der Waals surface area contributed by atoms with Crippen LogP contribution in [0, 0.1) is 0 Å². The number of carboxylic acids is 1. The molecular weight excluding hydrogens is 525 g/mol. The van der Waals surface area contributed by atoms with E-state index in [0.29, 0.717) is 0 Å². The second-order valence-corrected chi connectivity index (χ2v) is 7.97. The molecule has 6 rings (SSSR count). The minimum absolute atomic E-state index is 0. The number of rotatable bonds is 2. The van der Waals surface area contributed by atoms with Gasteiger partial charge in [0.05, 0.1) is 28.3 Å². The van der Waals surface area contributed by atoms with Crippen LogP contribution >= 0.6 is 0 Å². The molecule has 7 heteroatoms. The quantitative estimate of drug-likeness (QED) is 0.242. The normalized spacial score (nSPS) is 12.2. The molecule has 6 nitrogen and oxygen atoms in total. The average Bonchev–Trinajstić information content (AvgIpc) is 3.59. The Morgan fingerprint density at radius 2 is 1.21 bits per heavy atom. The molecule has 1 aromatic carbocycles. The van der Waals surface area contributed by atoms with E-state index in [9.17, 15) is 9.90 Å². The fourth-order valence-corrected chi connectivity index (χ4v) is 4.04. The summed E-state index contributed by atoms with van der Waals surface area (Å²) in [5.41, 5.74) is 9.24. The van der Waals surface area contributed by atoms with Crippen molar-refractivity contribution in [3.05, 3.63) is 107 Å². The smallest absolute Gasteiger partial charge is 0.335 e. The van der Waals surface area contributed by atoms with Crippen LogP contribution in [0.2, 0.25) is 0 Å². The number of aromatic carboxylic acids is 1. The van der Waals surface area contributed by atoms with Gasteiger partial charge in [0.15, 0.2) is 0 Å². The van der Waals surface area contributed by atoms with Crippen molar-refractivity contribution in [2.75, 3.05) is 0 Å². The zero-order chi connectivity index (χ0) is 22.4. The number of hydrogen-bond donors (Lipinski definition) is 3. The zero-order valence-corrected chi connectivity index (χ0v) is 22.2. The molecule has 0 radical (unpaired) electrons. The van der Waals surface area contributed by atoms with Crippen LogP contribution in [0.15, 0.2) is 72.8 Å². The molecule has 0 saturated carbocycles. The molecule has 3 N–H and O–H groups in total. The van der Waals surface area contributed by atoms with E-state index < -0.39 is 5.97 Å². The van der Waals surface area contributed by atoms with E-state index in [1.807, 2.05) is 78.9 Å². The first-order valence-corrected chi connectivity index (χ1v) is 10.5. The van der Waals surface area contributed by atoms with Crippen molar-refractivity contribution in [2.24, 2.45) is 0 Å². The number of aromatic amines is 2. The van der Waals surface area contributed by atoms with E-state index >= 15 is 0 Å². The maximum absolute atomic E-state index is 11.2. The molecule has 3 aromatic heterocycles. The van der Waals surface area contributed by atoms with E-state index in [0.717, 1.165) is 56.0 Å². The Morgan fingerprint density at radius 1 is 0.676 bits per heavy atom. The Bertz CT molecular complexity index is 1640. The number of fused-ring (bicyclic) bond motifs is 8. The van der Waals surface area contributed by atoms with Gasteiger partial charge in [0, 0.05) is 54.9 Å². The summed E-state index contributed by atoms with van der Waals surface area (Å²) < 4.78 is 0. The van der Waals surface area contributed by atoms with E-state index in [1.165, 1.54) is 0 Å². The van der Waals surface area contributed by atoms with Crippen LogP contribution in [0.5, 0.6) is 0 Å². The van der Waals surface area contributed by atoms with Gasteiger partial charge in [0.25, 0.3) is 0 Å². The van der Waals surface area contributed by atoms with Crippen molar-refractivity contribution < 1.29 is 37.2 Å². The van der Waals surface area contributed by atoms with Crippen molar-refractivity contribution in [1.82, 2.24) is 19.9 Å². The maximum Gasteiger partial charge on any atom is 0.335 e. The molecule has 5 heterocycles. The monoisotopic (exact) mass is 544 g/mol. The van der Waals surface area contributed by atoms with Gasteiger partial charge >= 0.3 is 5.97 Å². The van der Waals surface area contributed by atoms with Gasteiger partial charge in [-0.15, -0.1) is 0 Å². The minimum Gasteiger partial charge on any atom is -0.478 e. The first-order valence-electron chi connectivity index (χ1n) is 10.5. The van der Waals surface area contributed by atoms with Crippen LogP contribution in [0.3, 0.4) is 0 Å². The Kier molecular flexibility index (Phi) is 5.74. The number of carbonyl (C=O) groups is 1. The molecule has 8 bridgehead atoms. The summed E-state index contributed by atoms with van der Waals surface area (Å²) in [6, 6.07) is 22.9. The van der Waals surface area contributed by atoms with Crippen molar-refractivity contribution in [3.63, 3.8) is 0 Å². The van der Waals surface area contributed by atoms with Crippen LogP contribution in [0.1, 0.15) is 38.7 Å². The number of benzene rings is 1. The molecule has 0 amide bonds. The van der Waals surface area contributed by atoms with Gasteiger partial charge in [0.2, 0.25) is 0 Å². The van der Waals surface area contributed by atoms with E-state index in [-0.39, 0.29) is 32.9 Å². The summed E-state index contributed by atoms with van der Waals surface area (Å²) in [4.78, 5) is 27.6. The maximum atomic E-state index is 11.2. The first kappa shape index (κ1) is 22.0. The van der Waals surface area contributed by atoms with Gasteiger partial charge < -0.3 is 15.1 Å². The van der Waals surface area contributed by atoms with E-state index in [4.69, 9.17) is 4.98 Å². The largest absolute Gasteiger partial charge is 0.478 e. The molecule has 0 atom stereocenters. The molecule has 160 valence electrons. The van der Waals surface area contributed by atoms with Crippen molar-refractivity contribution >= 4 is 51.8 Å². The third kappa shape index (κ3) is 4.36. The Hall–Kier alpha value is -3.79. The minimum atomic E-state index is -0.943. The van der Waals surface area contributed by atoms with Crippen LogP contribution in [-0.4, -0.2) is 31.0 Å². The van der Waals surface area contributed by atoms with Crippen LogP contribution in [-0.2, 0) is 27.3 Å². The first-order chi connectivity index (χ1) is 16.1. The second kappa shape index (κ2) is 8.87. The fourth-order valence-electron chi connectivity index (χ4n) is 4.04. The molecule has 0 spiro atoms. The predicted molar refractivity (Wildman–Crippen MR) is 130 cm³/mol. The van der Waals surface area contributed by atoms with Gasteiger partial charge in [-0.3, -0.25) is 0 Å². The molecule has 34 heavy (non-hydrogen) atoms. The topological polar surface area (TPSA) is 94.7 Å². The number of nitrogens with one attached hydrogen (secondary N) is 2. The van der Waals surface area contributed by atoms with Gasteiger partial charge in [-0.1, -0.05) is 12.1 Å². The van der Waals surface area contributed by atoms with Crippen LogP contribution in [0.25, 0.3) is 45.9 Å². The molecule has 0 fully saturated rings. The van der Waals surface area contributed by atoms with Gasteiger partial charge in [0.1, 0.15) is 0 Å². The molecule has 0 saturated heterocycles. The fraction of sp³-hybridized carbons (Fsp3) is 0. The van der Waals surface area contributed by atoms with E-state index in [2.05, 4.69) is 15.0 Å². The van der Waals surface area contributed by atoms with Crippen molar-refractivity contribution in [3.8, 4) is 0 Å². The second-order valence-electron chi connectivity index (χ2n) is 7.97. The summed E-state index contributed by atoms with van der Waals surface area (Å²) >= 11 is 0. The summed E-state index contributed by atoms with van der Waals surface area (Å²) in [5.74, 6) is -0.943. The SMILES string of the molecule is O=C(O)c1ccc(C2=Cc3cc4ccc(cc5nc(cc6ccc(cc2n3)[nH]6)C=C5)[nH]4)cc1.[Cd]. The van der Waals surface area contributed by atoms with Gasteiger partial charge in [-0.2, -0.15) is 0 Å². The van der Waals surface area contributed by atoms with Crippen molar-refractivity contribution in [2.45, 2.75) is 0 Å². The van der Waals surface area contributed by atoms with E-state index in [1.54, 1.807) is 12.1 Å². The third-order valence-electron chi connectivity index (χ3n) is 5.61. The van der Waals surface area contributed by atoms with Crippen LogP contribution < -0.4 is 0 Å². The third-order valence-corrected chi connectivity index (χ3v) is 5.61. The number of hydrogen-bond acceptors (Lipinski definition) is 3. The summed E-state index contributed by atoms with van der Waals surface area (Å²) in [6.07, 6.45) is 6.01. The molecule has 2 aliphatic heterocycles. The summed E-state index contributed by atoms with van der Waals surface area (Å²) in [6.45, 7) is 0. The van der Waals surface area contributed by atoms with Crippen LogP contribution in [0.4, 0.5) is 0 Å². The molecule has 4 aromatic rings. The number of carboxylic acid groups (broad SMARTS) is 1. The molecule has 2 aliphatic rings. The average molecular weight is 543 g/mol. The number of H-pyrrole nitrogens is 2. The molecule has 0 unspecified atom stereocenters. The Balaban J connectivity index is 0.00000241. The standard InChI is InChI=1S/C27H18N4O2.Cd/c32-27(33)17-3-1-16(2-4-17)25-14-24-13-22-8-7-20(29-22)11-18-5-6-19(28-18)12-21-9-10-23(30-21)15-26(25)31-24;/h1-15,29-30H,(H,32,33);. The van der Waals surface area contributed by atoms with Gasteiger partial charge in [-0.25, -0.2) is 14.8 Å². The zero-order valence-electron chi connectivity index (χ0n) is 18.1. The van der Waals surface area contributed by atoms with Crippen molar-refractivity contribution in [1.29, 1.82) is 0 Å². The van der Waals surface area contributed by atoms with Gasteiger partial charge in [-0.05, 0) is 84.5 Å².